The summed E-state index contributed by atoms with van der Waals surface area (Å²) in [7, 11) is -0.0793. The average molecular weight is 412 g/mol. The molecule has 0 saturated heterocycles. The van der Waals surface area contributed by atoms with Crippen LogP contribution >= 0.6 is 11.6 Å². The number of hydrogen-bond donors (Lipinski definition) is 2. The van der Waals surface area contributed by atoms with Gasteiger partial charge in [-0.2, -0.15) is 0 Å². The minimum atomic E-state index is -4.01. The normalized spacial score (nSPS) is 11.3. The largest absolute Gasteiger partial charge is 0.355 e. The minimum Gasteiger partial charge on any atom is -0.355 e. The number of nitrogens with zero attached hydrogens (tertiary/aromatic N) is 1. The fourth-order valence-electron chi connectivity index (χ4n) is 2.13. The fraction of sp³-hybridized carbons (Fsp3) is 0.176. The summed E-state index contributed by atoms with van der Waals surface area (Å²) < 4.78 is 25.4. The van der Waals surface area contributed by atoms with E-state index in [0.29, 0.717) is 15.7 Å². The molecule has 10 heteroatoms. The second-order valence-corrected chi connectivity index (χ2v) is 7.66. The average Bonchev–Trinajstić information content (AvgIpc) is 2.67. The summed E-state index contributed by atoms with van der Waals surface area (Å²) in [5.41, 5.74) is 0.983. The van der Waals surface area contributed by atoms with E-state index in [2.05, 4.69) is 10.6 Å². The Morgan fingerprint density at radius 3 is 2.19 bits per heavy atom. The van der Waals surface area contributed by atoms with Crippen LogP contribution in [0.5, 0.6) is 0 Å². The first-order valence-electron chi connectivity index (χ1n) is 7.66. The lowest BCUT2D eigenvalue weighted by Gasteiger charge is -2.16. The molecule has 0 aliphatic rings. The third-order valence-corrected chi connectivity index (χ3v) is 5.86. The van der Waals surface area contributed by atoms with Crippen LogP contribution in [0.25, 0.3) is 0 Å². The SMILES string of the molecule is CNC(=O)c1ccc(NC(=O)c2ccc(Cl)c(S(=O)(=O)N(C)OC)c2)cc1. The maximum absolute atomic E-state index is 12.4. The van der Waals surface area contributed by atoms with Crippen LogP contribution in [-0.2, 0) is 14.9 Å². The Hall–Kier alpha value is -2.46. The van der Waals surface area contributed by atoms with Gasteiger partial charge in [-0.25, -0.2) is 8.42 Å². The Bertz CT molecular complexity index is 961. The highest BCUT2D eigenvalue weighted by Gasteiger charge is 2.25. The number of amides is 2. The Balaban J connectivity index is 2.27. The number of hydrogen-bond acceptors (Lipinski definition) is 5. The van der Waals surface area contributed by atoms with Gasteiger partial charge >= 0.3 is 0 Å². The van der Waals surface area contributed by atoms with E-state index < -0.39 is 15.9 Å². The molecule has 0 heterocycles. The summed E-state index contributed by atoms with van der Waals surface area (Å²) in [6.07, 6.45) is 0. The number of hydroxylamine groups is 1. The first-order chi connectivity index (χ1) is 12.7. The lowest BCUT2D eigenvalue weighted by Crippen LogP contribution is -2.26. The molecule has 0 saturated carbocycles. The molecule has 0 unspecified atom stereocenters. The zero-order valence-electron chi connectivity index (χ0n) is 14.8. The van der Waals surface area contributed by atoms with Gasteiger partial charge in [0, 0.05) is 30.9 Å². The molecule has 2 N–H and O–H groups in total. The van der Waals surface area contributed by atoms with Crippen molar-refractivity contribution in [3.05, 3.63) is 58.6 Å². The zero-order valence-corrected chi connectivity index (χ0v) is 16.4. The van der Waals surface area contributed by atoms with E-state index in [1.165, 1.54) is 39.4 Å². The van der Waals surface area contributed by atoms with E-state index in [4.69, 9.17) is 16.4 Å². The van der Waals surface area contributed by atoms with Crippen molar-refractivity contribution in [1.82, 2.24) is 9.79 Å². The van der Waals surface area contributed by atoms with Crippen LogP contribution in [0, 0.1) is 0 Å². The van der Waals surface area contributed by atoms with Gasteiger partial charge in [-0.15, -0.1) is 0 Å². The van der Waals surface area contributed by atoms with Gasteiger partial charge in [0.25, 0.3) is 21.8 Å². The standard InChI is InChI=1S/C17H18ClN3O5S/c1-19-16(22)11-4-7-13(8-5-11)20-17(23)12-6-9-14(18)15(10-12)27(24,25)21(2)26-3/h4-10H,1-3H3,(H,19,22)(H,20,23). The predicted octanol–water partition coefficient (Wildman–Crippen LogP) is 2.13. The number of carbonyl (C=O) groups excluding carboxylic acids is 2. The van der Waals surface area contributed by atoms with Crippen LogP contribution < -0.4 is 10.6 Å². The summed E-state index contributed by atoms with van der Waals surface area (Å²) in [6.45, 7) is 0. The monoisotopic (exact) mass is 411 g/mol. The topological polar surface area (TPSA) is 105 Å². The van der Waals surface area contributed by atoms with Crippen molar-refractivity contribution < 1.29 is 22.8 Å². The predicted molar refractivity (Wildman–Crippen MR) is 101 cm³/mol. The van der Waals surface area contributed by atoms with Gasteiger partial charge in [0.15, 0.2) is 0 Å². The van der Waals surface area contributed by atoms with Crippen molar-refractivity contribution in [2.24, 2.45) is 0 Å². The quantitative estimate of drug-likeness (QED) is 0.708. The highest BCUT2D eigenvalue weighted by Crippen LogP contribution is 2.26. The molecule has 0 spiro atoms. The molecular formula is C17H18ClN3O5S. The van der Waals surface area contributed by atoms with E-state index in [9.17, 15) is 18.0 Å². The molecule has 0 fully saturated rings. The van der Waals surface area contributed by atoms with Gasteiger partial charge in [0.1, 0.15) is 4.90 Å². The number of halogens is 1. The molecule has 2 aromatic carbocycles. The second kappa shape index (κ2) is 8.49. The van der Waals surface area contributed by atoms with Gasteiger partial charge < -0.3 is 10.6 Å². The van der Waals surface area contributed by atoms with E-state index in [1.807, 2.05) is 0 Å². The Morgan fingerprint density at radius 2 is 1.63 bits per heavy atom. The number of sulfonamides is 1. The molecule has 8 nitrogen and oxygen atoms in total. The van der Waals surface area contributed by atoms with Crippen molar-refractivity contribution >= 4 is 39.1 Å². The van der Waals surface area contributed by atoms with Gasteiger partial charge in [-0.3, -0.25) is 14.4 Å². The summed E-state index contributed by atoms with van der Waals surface area (Å²) in [5, 5.41) is 5.09. The summed E-state index contributed by atoms with van der Waals surface area (Å²) in [5.74, 6) is -0.779. The Labute approximate surface area is 162 Å². The van der Waals surface area contributed by atoms with Crippen molar-refractivity contribution in [2.75, 3.05) is 26.5 Å². The van der Waals surface area contributed by atoms with Gasteiger partial charge in [0.2, 0.25) is 0 Å². The third-order valence-electron chi connectivity index (χ3n) is 3.70. The van der Waals surface area contributed by atoms with Crippen LogP contribution in [0.1, 0.15) is 20.7 Å². The molecule has 0 aliphatic heterocycles. The number of nitrogens with one attached hydrogen (secondary N) is 2. The van der Waals surface area contributed by atoms with Crippen LogP contribution in [-0.4, -0.2) is 45.9 Å². The summed E-state index contributed by atoms with van der Waals surface area (Å²) in [6, 6.07) is 10.1. The first kappa shape index (κ1) is 20.8. The van der Waals surface area contributed by atoms with Gasteiger partial charge in [0.05, 0.1) is 12.1 Å². The molecular weight excluding hydrogens is 394 g/mol. The molecule has 0 radical (unpaired) electrons. The number of anilines is 1. The van der Waals surface area contributed by atoms with Gasteiger partial charge in [-0.1, -0.05) is 16.1 Å². The number of carbonyl (C=O) groups is 2. The molecule has 0 bridgehead atoms. The maximum atomic E-state index is 12.4. The van der Waals surface area contributed by atoms with Crippen molar-refractivity contribution in [3.8, 4) is 0 Å². The zero-order chi connectivity index (χ0) is 20.2. The van der Waals surface area contributed by atoms with Crippen LogP contribution in [0.3, 0.4) is 0 Å². The smallest absolute Gasteiger partial charge is 0.266 e. The highest BCUT2D eigenvalue weighted by molar-refractivity contribution is 7.89. The molecule has 2 aromatic rings. The Morgan fingerprint density at radius 1 is 1.04 bits per heavy atom. The minimum absolute atomic E-state index is 0.0367. The van der Waals surface area contributed by atoms with Crippen LogP contribution in [0.2, 0.25) is 5.02 Å². The van der Waals surface area contributed by atoms with Gasteiger partial charge in [-0.05, 0) is 42.5 Å². The lowest BCUT2D eigenvalue weighted by atomic mass is 10.1. The molecule has 0 atom stereocenters. The molecule has 144 valence electrons. The van der Waals surface area contributed by atoms with E-state index in [-0.39, 0.29) is 21.4 Å². The summed E-state index contributed by atoms with van der Waals surface area (Å²) >= 11 is 5.98. The molecule has 2 rings (SSSR count). The number of rotatable bonds is 6. The molecule has 2 amide bonds. The van der Waals surface area contributed by atoms with E-state index >= 15 is 0 Å². The van der Waals surface area contributed by atoms with E-state index in [0.717, 1.165) is 0 Å². The van der Waals surface area contributed by atoms with Crippen molar-refractivity contribution in [1.29, 1.82) is 0 Å². The fourth-order valence-corrected chi connectivity index (χ4v) is 3.61. The van der Waals surface area contributed by atoms with Crippen LogP contribution in [0.4, 0.5) is 5.69 Å². The molecule has 0 aromatic heterocycles. The molecule has 0 aliphatic carbocycles. The number of benzene rings is 2. The van der Waals surface area contributed by atoms with E-state index in [1.54, 1.807) is 24.3 Å². The first-order valence-corrected chi connectivity index (χ1v) is 9.48. The Kier molecular flexibility index (Phi) is 6.55. The van der Waals surface area contributed by atoms with Crippen LogP contribution in [0.15, 0.2) is 47.4 Å². The third kappa shape index (κ3) is 4.64. The van der Waals surface area contributed by atoms with Crippen molar-refractivity contribution in [3.63, 3.8) is 0 Å². The maximum Gasteiger partial charge on any atom is 0.266 e. The summed E-state index contributed by atoms with van der Waals surface area (Å²) in [4.78, 5) is 28.4. The highest BCUT2D eigenvalue weighted by atomic mass is 35.5. The lowest BCUT2D eigenvalue weighted by molar-refractivity contribution is -0.0258. The molecule has 27 heavy (non-hydrogen) atoms. The second-order valence-electron chi connectivity index (χ2n) is 5.35. The van der Waals surface area contributed by atoms with Crippen molar-refractivity contribution in [2.45, 2.75) is 4.90 Å².